The summed E-state index contributed by atoms with van der Waals surface area (Å²) in [5.41, 5.74) is 0. The number of hydrogen-bond donors (Lipinski definition) is 1. The summed E-state index contributed by atoms with van der Waals surface area (Å²) in [6.45, 7) is 6.13. The van der Waals surface area contributed by atoms with E-state index in [1.165, 1.54) is 0 Å². The Balaban J connectivity index is 2.25. The van der Waals surface area contributed by atoms with Gasteiger partial charge in [-0.1, -0.05) is 0 Å². The first kappa shape index (κ1) is 8.37. The van der Waals surface area contributed by atoms with Crippen LogP contribution in [0.3, 0.4) is 0 Å². The minimum atomic E-state index is 0.584. The normalized spacial score (nSPS) is 28.8. The summed E-state index contributed by atoms with van der Waals surface area (Å²) in [7, 11) is 0. The Morgan fingerprint density at radius 3 is 3.10 bits per heavy atom. The summed E-state index contributed by atoms with van der Waals surface area (Å²) in [5, 5.41) is 0. The first-order valence-corrected chi connectivity index (χ1v) is 4.40. The van der Waals surface area contributed by atoms with Gasteiger partial charge in [-0.25, -0.2) is 0 Å². The third kappa shape index (κ3) is 2.15. The number of thiol groups is 1. The lowest BCUT2D eigenvalue weighted by Gasteiger charge is -2.32. The highest BCUT2D eigenvalue weighted by Gasteiger charge is 2.16. The second-order valence-electron chi connectivity index (χ2n) is 2.68. The van der Waals surface area contributed by atoms with Gasteiger partial charge in [0.15, 0.2) is 0 Å². The first-order valence-electron chi connectivity index (χ1n) is 3.77. The van der Waals surface area contributed by atoms with E-state index in [1.807, 2.05) is 0 Å². The minimum Gasteiger partial charge on any atom is -0.379 e. The number of nitrogens with zero attached hydrogens (tertiary/aromatic N) is 1. The van der Waals surface area contributed by atoms with Crippen LogP contribution in [-0.2, 0) is 4.74 Å². The van der Waals surface area contributed by atoms with Crippen molar-refractivity contribution >= 4 is 12.6 Å². The summed E-state index contributed by atoms with van der Waals surface area (Å²) < 4.78 is 5.29. The summed E-state index contributed by atoms with van der Waals surface area (Å²) in [6, 6.07) is 0.584. The second kappa shape index (κ2) is 4.21. The number of morpholine rings is 1. The highest BCUT2D eigenvalue weighted by Crippen LogP contribution is 2.04. The van der Waals surface area contributed by atoms with E-state index < -0.39 is 0 Å². The predicted molar refractivity (Wildman–Crippen MR) is 45.7 cm³/mol. The lowest BCUT2D eigenvalue weighted by atomic mass is 10.2. The van der Waals surface area contributed by atoms with E-state index in [0.29, 0.717) is 6.04 Å². The van der Waals surface area contributed by atoms with Crippen LogP contribution in [-0.4, -0.2) is 43.0 Å². The Hall–Kier alpha value is 0.270. The fourth-order valence-electron chi connectivity index (χ4n) is 1.22. The molecule has 1 unspecified atom stereocenters. The van der Waals surface area contributed by atoms with Crippen LogP contribution in [0.5, 0.6) is 0 Å². The molecule has 0 spiro atoms. The maximum atomic E-state index is 5.29. The Morgan fingerprint density at radius 2 is 2.50 bits per heavy atom. The third-order valence-corrected chi connectivity index (χ3v) is 2.09. The van der Waals surface area contributed by atoms with Crippen LogP contribution >= 0.6 is 12.6 Å². The van der Waals surface area contributed by atoms with Gasteiger partial charge in [-0.3, -0.25) is 4.90 Å². The molecule has 1 heterocycles. The molecule has 0 aromatic heterocycles. The monoisotopic (exact) mass is 161 g/mol. The van der Waals surface area contributed by atoms with Gasteiger partial charge in [-0.15, -0.1) is 0 Å². The Labute approximate surface area is 68.0 Å². The first-order chi connectivity index (χ1) is 4.84. The van der Waals surface area contributed by atoms with E-state index in [2.05, 4.69) is 24.5 Å². The van der Waals surface area contributed by atoms with Gasteiger partial charge in [-0.05, 0) is 6.92 Å². The molecule has 60 valence electrons. The molecular formula is C7H15NOS. The number of rotatable bonds is 2. The van der Waals surface area contributed by atoms with E-state index in [0.717, 1.165) is 32.1 Å². The van der Waals surface area contributed by atoms with Crippen molar-refractivity contribution in [1.29, 1.82) is 0 Å². The van der Waals surface area contributed by atoms with Crippen LogP contribution < -0.4 is 0 Å². The molecule has 1 aliphatic rings. The average Bonchev–Trinajstić information content (AvgIpc) is 1.94. The number of hydrogen-bond acceptors (Lipinski definition) is 3. The zero-order valence-corrected chi connectivity index (χ0v) is 7.31. The van der Waals surface area contributed by atoms with Gasteiger partial charge in [0, 0.05) is 24.9 Å². The zero-order valence-electron chi connectivity index (χ0n) is 6.42. The molecule has 0 aromatic rings. The molecule has 10 heavy (non-hydrogen) atoms. The molecule has 1 atom stereocenters. The van der Waals surface area contributed by atoms with Crippen molar-refractivity contribution < 1.29 is 4.74 Å². The van der Waals surface area contributed by atoms with E-state index >= 15 is 0 Å². The maximum absolute atomic E-state index is 5.29. The quantitative estimate of drug-likeness (QED) is 0.597. The predicted octanol–water partition coefficient (Wildman–Crippen LogP) is 0.637. The molecule has 0 bridgehead atoms. The Bertz CT molecular complexity index is 97.6. The van der Waals surface area contributed by atoms with Crippen LogP contribution in [0, 0.1) is 0 Å². The fraction of sp³-hybridized carbons (Fsp3) is 1.00. The lowest BCUT2D eigenvalue weighted by molar-refractivity contribution is 0.00302. The molecule has 0 aliphatic carbocycles. The molecule has 0 amide bonds. The van der Waals surface area contributed by atoms with E-state index in [1.54, 1.807) is 0 Å². The largest absolute Gasteiger partial charge is 0.379 e. The molecule has 2 nitrogen and oxygen atoms in total. The van der Waals surface area contributed by atoms with Crippen LogP contribution in [0.1, 0.15) is 6.92 Å². The highest BCUT2D eigenvalue weighted by molar-refractivity contribution is 7.80. The Morgan fingerprint density at radius 1 is 1.70 bits per heavy atom. The fourth-order valence-corrected chi connectivity index (χ4v) is 1.48. The minimum absolute atomic E-state index is 0.584. The molecule has 0 radical (unpaired) electrons. The second-order valence-corrected chi connectivity index (χ2v) is 3.13. The maximum Gasteiger partial charge on any atom is 0.0619 e. The van der Waals surface area contributed by atoms with Crippen LogP contribution in [0.2, 0.25) is 0 Å². The zero-order chi connectivity index (χ0) is 7.40. The molecular weight excluding hydrogens is 146 g/mol. The smallest absolute Gasteiger partial charge is 0.0619 e. The molecule has 1 rings (SSSR count). The summed E-state index contributed by atoms with van der Waals surface area (Å²) >= 11 is 4.19. The van der Waals surface area contributed by atoms with Gasteiger partial charge in [0.2, 0.25) is 0 Å². The van der Waals surface area contributed by atoms with Crippen LogP contribution in [0.15, 0.2) is 0 Å². The summed E-state index contributed by atoms with van der Waals surface area (Å²) in [6.07, 6.45) is 0. The van der Waals surface area contributed by atoms with Crippen molar-refractivity contribution in [3.8, 4) is 0 Å². The van der Waals surface area contributed by atoms with Crippen LogP contribution in [0.25, 0.3) is 0 Å². The van der Waals surface area contributed by atoms with Crippen molar-refractivity contribution in [1.82, 2.24) is 4.90 Å². The summed E-state index contributed by atoms with van der Waals surface area (Å²) in [5.74, 6) is 0.949. The molecule has 1 aliphatic heterocycles. The molecule has 1 fully saturated rings. The molecule has 0 saturated carbocycles. The highest BCUT2D eigenvalue weighted by atomic mass is 32.1. The van der Waals surface area contributed by atoms with Gasteiger partial charge in [0.05, 0.1) is 13.2 Å². The Kier molecular flexibility index (Phi) is 3.52. The topological polar surface area (TPSA) is 12.5 Å². The van der Waals surface area contributed by atoms with Crippen molar-refractivity contribution in [2.75, 3.05) is 32.1 Å². The molecule has 0 aromatic carbocycles. The van der Waals surface area contributed by atoms with E-state index in [9.17, 15) is 0 Å². The van der Waals surface area contributed by atoms with Gasteiger partial charge in [-0.2, -0.15) is 12.6 Å². The van der Waals surface area contributed by atoms with E-state index in [4.69, 9.17) is 4.74 Å². The summed E-state index contributed by atoms with van der Waals surface area (Å²) in [4.78, 5) is 2.41. The molecule has 0 N–H and O–H groups in total. The van der Waals surface area contributed by atoms with Gasteiger partial charge in [0.25, 0.3) is 0 Å². The van der Waals surface area contributed by atoms with Gasteiger partial charge in [0.1, 0.15) is 0 Å². The van der Waals surface area contributed by atoms with Crippen molar-refractivity contribution in [2.45, 2.75) is 13.0 Å². The van der Waals surface area contributed by atoms with E-state index in [-0.39, 0.29) is 0 Å². The van der Waals surface area contributed by atoms with Crippen molar-refractivity contribution in [2.24, 2.45) is 0 Å². The molecule has 1 saturated heterocycles. The third-order valence-electron chi connectivity index (χ3n) is 1.89. The van der Waals surface area contributed by atoms with Gasteiger partial charge >= 0.3 is 0 Å². The van der Waals surface area contributed by atoms with Crippen molar-refractivity contribution in [3.05, 3.63) is 0 Å². The van der Waals surface area contributed by atoms with Crippen molar-refractivity contribution in [3.63, 3.8) is 0 Å². The average molecular weight is 161 g/mol. The van der Waals surface area contributed by atoms with Crippen LogP contribution in [0.4, 0.5) is 0 Å². The molecule has 3 heteroatoms. The SMILES string of the molecule is CC1COCCN1CCS. The van der Waals surface area contributed by atoms with Gasteiger partial charge < -0.3 is 4.74 Å². The standard InChI is InChI=1S/C7H15NOS/c1-7-6-9-4-2-8(7)3-5-10/h7,10H,2-6H2,1H3. The number of ether oxygens (including phenoxy) is 1. The lowest BCUT2D eigenvalue weighted by Crippen LogP contribution is -2.44.